The van der Waals surface area contributed by atoms with Gasteiger partial charge in [-0.1, -0.05) is 0 Å². The topological polar surface area (TPSA) is 36.3 Å². The number of hydrogen-bond donors (Lipinski definition) is 0. The maximum atomic E-state index is 8.06. The molecule has 0 unspecified atom stereocenters. The van der Waals surface area contributed by atoms with Gasteiger partial charge >= 0.3 is 7.12 Å². The van der Waals surface area contributed by atoms with Gasteiger partial charge in [0.25, 0.3) is 0 Å². The van der Waals surface area contributed by atoms with E-state index in [0.29, 0.717) is 4.57 Å². The monoisotopic (exact) mass is 229 g/mol. The van der Waals surface area contributed by atoms with Gasteiger partial charge in [0, 0.05) is 19.5 Å². The Labute approximate surface area is 107 Å². The van der Waals surface area contributed by atoms with Crippen molar-refractivity contribution in [3.8, 4) is 0 Å². The van der Waals surface area contributed by atoms with Gasteiger partial charge in [-0.3, -0.25) is 0 Å². The van der Waals surface area contributed by atoms with Crippen molar-refractivity contribution in [2.45, 2.75) is 52.2 Å². The molecule has 5 heteroatoms. The van der Waals surface area contributed by atoms with Crippen molar-refractivity contribution >= 4 is 12.7 Å². The third-order valence-corrected chi connectivity index (χ3v) is 3.09. The molecule has 0 amide bonds. The predicted octanol–water partition coefficient (Wildman–Crippen LogP) is 1.20. The Morgan fingerprint density at radius 3 is 2.69 bits per heavy atom. The average molecular weight is 229 g/mol. The predicted molar refractivity (Wildman–Crippen MR) is 63.6 cm³/mol. The highest BCUT2D eigenvalue weighted by atomic mass is 16.7. The molecule has 1 aromatic heterocycles. The molecule has 2 rings (SSSR count). The molecule has 2 heterocycles. The molecule has 0 saturated carbocycles. The lowest BCUT2D eigenvalue weighted by molar-refractivity contribution is 0.00578. The summed E-state index contributed by atoms with van der Waals surface area (Å²) in [4.78, 5) is 3.81. The Balaban J connectivity index is 2.49. The second kappa shape index (κ2) is 3.60. The van der Waals surface area contributed by atoms with E-state index in [2.05, 4.69) is 4.98 Å². The maximum absolute atomic E-state index is 8.06. The molecule has 1 saturated heterocycles. The standard InChI is InChI=1S/C11H19BN2O2/c1-6-14-7-9(13-8-14)12-15-10(2,3)11(4,5)16-12/h7-8H,6H2,1-5H3/i1D3,6D2,7D,8D. The first-order valence-electron chi connectivity index (χ1n) is 8.54. The summed E-state index contributed by atoms with van der Waals surface area (Å²) in [5.74, 6) is 0. The fraction of sp³-hybridized carbons (Fsp3) is 0.727. The average Bonchev–Trinajstić information content (AvgIpc) is 2.72. The molecule has 0 N–H and O–H groups in total. The van der Waals surface area contributed by atoms with Crippen LogP contribution in [0, 0.1) is 0 Å². The van der Waals surface area contributed by atoms with Crippen LogP contribution in [0.5, 0.6) is 0 Å². The highest BCUT2D eigenvalue weighted by molar-refractivity contribution is 6.61. The molecule has 0 aromatic carbocycles. The highest BCUT2D eigenvalue weighted by Crippen LogP contribution is 2.36. The van der Waals surface area contributed by atoms with E-state index in [1.807, 2.05) is 0 Å². The molecule has 88 valence electrons. The molecule has 0 radical (unpaired) electrons. The normalized spacial score (nSPS) is 30.8. The van der Waals surface area contributed by atoms with Crippen molar-refractivity contribution < 1.29 is 18.9 Å². The number of rotatable bonds is 2. The van der Waals surface area contributed by atoms with Crippen molar-refractivity contribution in [2.75, 3.05) is 0 Å². The number of aromatic nitrogens is 2. The first-order valence-corrected chi connectivity index (χ1v) is 5.04. The minimum atomic E-state index is -3.05. The lowest BCUT2D eigenvalue weighted by Gasteiger charge is -2.32. The molecule has 1 aliphatic heterocycles. The SMILES string of the molecule is [2H]c1nc(B2OC(C)(C)C(C)(C)O2)c([2H])n1C([2H])([2H])C([2H])([2H])[2H]. The fourth-order valence-corrected chi connectivity index (χ4v) is 1.38. The summed E-state index contributed by atoms with van der Waals surface area (Å²) < 4.78 is 65.1. The van der Waals surface area contributed by atoms with Crippen LogP contribution in [-0.4, -0.2) is 27.9 Å². The summed E-state index contributed by atoms with van der Waals surface area (Å²) in [6, 6.07) is 0. The summed E-state index contributed by atoms with van der Waals surface area (Å²) in [6.45, 7) is 1.23. The van der Waals surface area contributed by atoms with Crippen LogP contribution >= 0.6 is 0 Å². The molecular formula is C11H19BN2O2. The Bertz CT molecular complexity index is 611. The van der Waals surface area contributed by atoms with Crippen LogP contribution in [0.3, 0.4) is 0 Å². The number of hydrogen-bond acceptors (Lipinski definition) is 3. The van der Waals surface area contributed by atoms with Crippen LogP contribution < -0.4 is 5.59 Å². The molecule has 1 fully saturated rings. The van der Waals surface area contributed by atoms with Gasteiger partial charge in [0.1, 0.15) is 1.37 Å². The van der Waals surface area contributed by atoms with E-state index < -0.39 is 44.1 Å². The molecule has 0 spiro atoms. The van der Waals surface area contributed by atoms with Crippen molar-refractivity contribution in [3.63, 3.8) is 0 Å². The number of nitrogens with zero attached hydrogens (tertiary/aromatic N) is 2. The number of imidazole rings is 1. The van der Waals surface area contributed by atoms with Crippen molar-refractivity contribution in [1.82, 2.24) is 9.55 Å². The van der Waals surface area contributed by atoms with E-state index in [1.165, 1.54) is 0 Å². The van der Waals surface area contributed by atoms with Crippen LogP contribution in [-0.2, 0) is 15.8 Å². The van der Waals surface area contributed by atoms with E-state index >= 15 is 0 Å². The summed E-state index contributed by atoms with van der Waals surface area (Å²) in [5.41, 5.74) is -1.50. The van der Waals surface area contributed by atoms with Gasteiger partial charge in [0.15, 0.2) is 0 Å². The third-order valence-electron chi connectivity index (χ3n) is 3.09. The van der Waals surface area contributed by atoms with Gasteiger partial charge in [-0.25, -0.2) is 4.98 Å². The summed E-state index contributed by atoms with van der Waals surface area (Å²) in [5, 5.41) is 0. The maximum Gasteiger partial charge on any atom is 0.516 e. The van der Waals surface area contributed by atoms with E-state index in [-0.39, 0.29) is 5.59 Å². The zero-order valence-electron chi connectivity index (χ0n) is 16.8. The Morgan fingerprint density at radius 2 is 2.12 bits per heavy atom. The smallest absolute Gasteiger partial charge is 0.398 e. The van der Waals surface area contributed by atoms with E-state index in [9.17, 15) is 0 Å². The molecule has 1 aliphatic rings. The molecule has 16 heavy (non-hydrogen) atoms. The van der Waals surface area contributed by atoms with Crippen LogP contribution in [0.2, 0.25) is 0 Å². The fourth-order valence-electron chi connectivity index (χ4n) is 1.38. The van der Waals surface area contributed by atoms with Gasteiger partial charge in [0.05, 0.1) is 24.5 Å². The molecule has 0 aliphatic carbocycles. The molecule has 0 atom stereocenters. The Kier molecular flexibility index (Phi) is 1.28. The second-order valence-electron chi connectivity index (χ2n) is 4.74. The lowest BCUT2D eigenvalue weighted by Crippen LogP contribution is -2.41. The van der Waals surface area contributed by atoms with Gasteiger partial charge < -0.3 is 13.9 Å². The van der Waals surface area contributed by atoms with Crippen LogP contribution in [0.25, 0.3) is 0 Å². The van der Waals surface area contributed by atoms with Crippen molar-refractivity contribution in [3.05, 3.63) is 12.5 Å². The van der Waals surface area contributed by atoms with Crippen LogP contribution in [0.1, 0.15) is 44.1 Å². The molecule has 0 bridgehead atoms. The summed E-state index contributed by atoms with van der Waals surface area (Å²) in [6.07, 6.45) is -1.21. The third kappa shape index (κ3) is 1.78. The first-order chi connectivity index (χ1) is 10.1. The first kappa shape index (κ1) is 5.69. The largest absolute Gasteiger partial charge is 0.516 e. The zero-order chi connectivity index (χ0) is 18.0. The molecule has 4 nitrogen and oxygen atoms in total. The van der Waals surface area contributed by atoms with Gasteiger partial charge in [0.2, 0.25) is 0 Å². The van der Waals surface area contributed by atoms with E-state index in [4.69, 9.17) is 18.9 Å². The van der Waals surface area contributed by atoms with E-state index in [1.54, 1.807) is 27.7 Å². The molecule has 1 aromatic rings. The highest BCUT2D eigenvalue weighted by Gasteiger charge is 2.52. The Morgan fingerprint density at radius 1 is 1.50 bits per heavy atom. The quantitative estimate of drug-likeness (QED) is 0.715. The minimum Gasteiger partial charge on any atom is -0.398 e. The van der Waals surface area contributed by atoms with Gasteiger partial charge in [-0.05, 0) is 34.5 Å². The van der Waals surface area contributed by atoms with Gasteiger partial charge in [-0.2, -0.15) is 0 Å². The summed E-state index contributed by atoms with van der Waals surface area (Å²) >= 11 is 0. The zero-order valence-corrected chi connectivity index (χ0v) is 9.79. The van der Waals surface area contributed by atoms with Crippen LogP contribution in [0.15, 0.2) is 12.5 Å². The van der Waals surface area contributed by atoms with Gasteiger partial charge in [-0.15, -0.1) is 0 Å². The molecular weight excluding hydrogens is 203 g/mol. The minimum absolute atomic E-state index is 0.109. The summed E-state index contributed by atoms with van der Waals surface area (Å²) in [7, 11) is -1.06. The second-order valence-corrected chi connectivity index (χ2v) is 4.74. The van der Waals surface area contributed by atoms with E-state index in [0.717, 1.165) is 0 Å². The van der Waals surface area contributed by atoms with Crippen molar-refractivity contribution in [2.24, 2.45) is 0 Å². The van der Waals surface area contributed by atoms with Crippen molar-refractivity contribution in [1.29, 1.82) is 0 Å². The Hall–Kier alpha value is -0.805. The van der Waals surface area contributed by atoms with Crippen LogP contribution in [0.4, 0.5) is 0 Å². The lowest BCUT2D eigenvalue weighted by atomic mass is 9.86.